The Kier molecular flexibility index (Phi) is 7.04. The molecule has 2 aromatic rings. The third-order valence-corrected chi connectivity index (χ3v) is 6.19. The normalized spacial score (nSPS) is 16.4. The molecule has 0 saturated carbocycles. The van der Waals surface area contributed by atoms with Crippen LogP contribution in [0.15, 0.2) is 60.7 Å². The lowest BCUT2D eigenvalue weighted by atomic mass is 10.1. The van der Waals surface area contributed by atoms with Crippen LogP contribution >= 0.6 is 0 Å². The van der Waals surface area contributed by atoms with Crippen molar-refractivity contribution < 1.29 is 0 Å². The summed E-state index contributed by atoms with van der Waals surface area (Å²) >= 11 is 0. The van der Waals surface area contributed by atoms with Gasteiger partial charge in [0.05, 0.1) is 11.4 Å². The van der Waals surface area contributed by atoms with Crippen LogP contribution in [0.1, 0.15) is 38.5 Å². The van der Waals surface area contributed by atoms with E-state index in [4.69, 9.17) is 10.8 Å². The Balaban J connectivity index is 1.72. The molecule has 168 valence electrons. The highest BCUT2D eigenvalue weighted by atomic mass is 15.5. The number of benzene rings is 2. The van der Waals surface area contributed by atoms with Crippen molar-refractivity contribution in [2.45, 2.75) is 38.5 Å². The minimum Gasteiger partial charge on any atom is -0.342 e. The summed E-state index contributed by atoms with van der Waals surface area (Å²) in [4.78, 5) is 7.46. The Morgan fingerprint density at radius 2 is 0.875 bits per heavy atom. The molecule has 32 heavy (non-hydrogen) atoms. The predicted octanol–water partition coefficient (Wildman–Crippen LogP) is 4.78. The molecule has 2 saturated heterocycles. The van der Waals surface area contributed by atoms with Crippen LogP contribution in [0.25, 0.3) is 0 Å². The maximum absolute atomic E-state index is 9.29. The predicted molar refractivity (Wildman–Crippen MR) is 132 cm³/mol. The minimum atomic E-state index is 0.105. The molecule has 3 N–H and O–H groups in total. The highest BCUT2D eigenvalue weighted by Crippen LogP contribution is 2.24. The molecule has 0 aromatic heterocycles. The fourth-order valence-electron chi connectivity index (χ4n) is 4.44. The van der Waals surface area contributed by atoms with Crippen LogP contribution in [-0.2, 0) is 0 Å². The molecule has 0 unspecified atom stereocenters. The summed E-state index contributed by atoms with van der Waals surface area (Å²) in [6.07, 6.45) is 6.61. The molecule has 0 bridgehead atoms. The van der Waals surface area contributed by atoms with Crippen LogP contribution in [0.2, 0.25) is 0 Å². The first-order chi connectivity index (χ1) is 15.7. The molecule has 0 aliphatic carbocycles. The fraction of sp³-hybridized carbons (Fsp3) is 0.400. The van der Waals surface area contributed by atoms with E-state index in [0.29, 0.717) is 11.9 Å². The number of piperidine rings is 2. The quantitative estimate of drug-likeness (QED) is 0.472. The SMILES string of the molecule is N=C(N1CCCCC1)N(C(=N)N(C(=N)N1CCCCC1)c1ccccc1)c1ccccc1. The summed E-state index contributed by atoms with van der Waals surface area (Å²) < 4.78 is 0. The Hall–Kier alpha value is -3.35. The number of anilines is 2. The zero-order chi connectivity index (χ0) is 22.3. The molecule has 7 nitrogen and oxygen atoms in total. The highest BCUT2D eigenvalue weighted by Gasteiger charge is 2.32. The number of nitrogens with zero attached hydrogens (tertiary/aromatic N) is 4. The fourth-order valence-corrected chi connectivity index (χ4v) is 4.44. The Labute approximate surface area is 190 Å². The lowest BCUT2D eigenvalue weighted by molar-refractivity contribution is 0.335. The molecule has 7 heteroatoms. The maximum Gasteiger partial charge on any atom is 0.217 e. The second-order valence-electron chi connectivity index (χ2n) is 8.41. The number of likely N-dealkylation sites (tertiary alicyclic amines) is 2. The molecule has 0 amide bonds. The first kappa shape index (κ1) is 21.9. The van der Waals surface area contributed by atoms with E-state index in [1.807, 2.05) is 60.7 Å². The average Bonchev–Trinajstić information content (AvgIpc) is 2.86. The Morgan fingerprint density at radius 3 is 1.22 bits per heavy atom. The standard InChI is InChI=1S/C25H33N7/c26-23(29-17-9-3-10-18-29)31(21-13-5-1-6-14-21)25(28)32(22-15-7-2-8-16-22)24(27)30-19-11-4-12-20-30/h1-2,5-8,13-16,26-28H,3-4,9-12,17-20H2. The van der Waals surface area contributed by atoms with Crippen LogP contribution < -0.4 is 9.80 Å². The molecule has 2 aromatic carbocycles. The van der Waals surface area contributed by atoms with Gasteiger partial charge in [-0.2, -0.15) is 0 Å². The second-order valence-corrected chi connectivity index (χ2v) is 8.41. The lowest BCUT2D eigenvalue weighted by Gasteiger charge is -2.41. The van der Waals surface area contributed by atoms with Gasteiger partial charge in [0.1, 0.15) is 0 Å². The van der Waals surface area contributed by atoms with E-state index in [1.165, 1.54) is 12.8 Å². The van der Waals surface area contributed by atoms with Gasteiger partial charge in [-0.1, -0.05) is 36.4 Å². The molecule has 4 rings (SSSR count). The van der Waals surface area contributed by atoms with Crippen LogP contribution in [0.4, 0.5) is 11.4 Å². The monoisotopic (exact) mass is 431 g/mol. The average molecular weight is 432 g/mol. The molecule has 0 atom stereocenters. The maximum atomic E-state index is 9.29. The summed E-state index contributed by atoms with van der Waals surface area (Å²) in [6, 6.07) is 19.3. The van der Waals surface area contributed by atoms with Gasteiger partial charge in [-0.05, 0) is 62.8 Å². The molecule has 0 spiro atoms. The van der Waals surface area contributed by atoms with Crippen molar-refractivity contribution in [3.63, 3.8) is 0 Å². The van der Waals surface area contributed by atoms with E-state index < -0.39 is 0 Å². The van der Waals surface area contributed by atoms with Crippen LogP contribution in [0.3, 0.4) is 0 Å². The zero-order valence-corrected chi connectivity index (χ0v) is 18.6. The van der Waals surface area contributed by atoms with Crippen molar-refractivity contribution in [3.05, 3.63) is 60.7 Å². The first-order valence-electron chi connectivity index (χ1n) is 11.6. The summed E-state index contributed by atoms with van der Waals surface area (Å²) in [7, 11) is 0. The summed E-state index contributed by atoms with van der Waals surface area (Å²) in [6.45, 7) is 3.30. The first-order valence-corrected chi connectivity index (χ1v) is 11.6. The molecule has 2 heterocycles. The molecule has 0 radical (unpaired) electrons. The molecule has 2 aliphatic rings. The molecular formula is C25H33N7. The van der Waals surface area contributed by atoms with Gasteiger partial charge in [0.2, 0.25) is 17.9 Å². The van der Waals surface area contributed by atoms with Crippen LogP contribution in [0.5, 0.6) is 0 Å². The largest absolute Gasteiger partial charge is 0.342 e. The van der Waals surface area contributed by atoms with Gasteiger partial charge < -0.3 is 9.80 Å². The van der Waals surface area contributed by atoms with Crippen molar-refractivity contribution in [2.75, 3.05) is 36.0 Å². The lowest BCUT2D eigenvalue weighted by Crippen LogP contribution is -2.58. The third kappa shape index (κ3) is 4.77. The van der Waals surface area contributed by atoms with Crippen LogP contribution in [0, 0.1) is 16.2 Å². The molecule has 2 aliphatic heterocycles. The number of para-hydroxylation sites is 2. The third-order valence-electron chi connectivity index (χ3n) is 6.19. The van der Waals surface area contributed by atoms with Gasteiger partial charge in [0.15, 0.2) is 0 Å². The summed E-state index contributed by atoms with van der Waals surface area (Å²) in [5.41, 5.74) is 1.53. The number of hydrogen-bond donors (Lipinski definition) is 3. The highest BCUT2D eigenvalue weighted by molar-refractivity contribution is 6.28. The van der Waals surface area contributed by atoms with Gasteiger partial charge in [-0.25, -0.2) is 0 Å². The molecule has 2 fully saturated rings. The van der Waals surface area contributed by atoms with Gasteiger partial charge in [0.25, 0.3) is 0 Å². The van der Waals surface area contributed by atoms with E-state index >= 15 is 0 Å². The zero-order valence-electron chi connectivity index (χ0n) is 18.6. The number of rotatable bonds is 2. The van der Waals surface area contributed by atoms with Crippen molar-refractivity contribution in [3.8, 4) is 0 Å². The smallest absolute Gasteiger partial charge is 0.217 e. The van der Waals surface area contributed by atoms with E-state index in [9.17, 15) is 5.41 Å². The number of nitrogens with one attached hydrogen (secondary N) is 3. The van der Waals surface area contributed by atoms with Gasteiger partial charge in [-0.3, -0.25) is 26.0 Å². The van der Waals surface area contributed by atoms with E-state index in [0.717, 1.165) is 63.2 Å². The minimum absolute atomic E-state index is 0.105. The topological polar surface area (TPSA) is 84.5 Å². The van der Waals surface area contributed by atoms with Gasteiger partial charge in [0, 0.05) is 26.2 Å². The van der Waals surface area contributed by atoms with Crippen LogP contribution in [-0.4, -0.2) is 53.9 Å². The van der Waals surface area contributed by atoms with Gasteiger partial charge in [-0.15, -0.1) is 0 Å². The Morgan fingerprint density at radius 1 is 0.531 bits per heavy atom. The van der Waals surface area contributed by atoms with E-state index in [2.05, 4.69) is 9.80 Å². The van der Waals surface area contributed by atoms with Crippen molar-refractivity contribution in [1.29, 1.82) is 16.2 Å². The number of guanidine groups is 3. The van der Waals surface area contributed by atoms with Gasteiger partial charge >= 0.3 is 0 Å². The van der Waals surface area contributed by atoms with Crippen molar-refractivity contribution >= 4 is 29.3 Å². The summed E-state index contributed by atoms with van der Waals surface area (Å²) in [5.74, 6) is 0.704. The van der Waals surface area contributed by atoms with E-state index in [-0.39, 0.29) is 5.96 Å². The Bertz CT molecular complexity index is 840. The second kappa shape index (κ2) is 10.3. The van der Waals surface area contributed by atoms with Crippen molar-refractivity contribution in [2.24, 2.45) is 0 Å². The summed E-state index contributed by atoms with van der Waals surface area (Å²) in [5, 5.41) is 27.4. The van der Waals surface area contributed by atoms with Crippen molar-refractivity contribution in [1.82, 2.24) is 9.80 Å². The van der Waals surface area contributed by atoms with E-state index in [1.54, 1.807) is 9.80 Å². The molecular weight excluding hydrogens is 398 g/mol. The number of hydrogen-bond acceptors (Lipinski definition) is 3.